The molecule has 19 heavy (non-hydrogen) atoms. The average Bonchev–Trinajstić information content (AvgIpc) is 2.94. The van der Waals surface area contributed by atoms with Crippen LogP contribution >= 0.6 is 11.3 Å². The van der Waals surface area contributed by atoms with Crippen LogP contribution in [0.25, 0.3) is 0 Å². The van der Waals surface area contributed by atoms with Crippen molar-refractivity contribution in [2.24, 2.45) is 0 Å². The SMILES string of the molecule is CC(C)n1cc(NCc2ccc(CC(=O)O)s2)cn1. The zero-order valence-electron chi connectivity index (χ0n) is 11.0. The topological polar surface area (TPSA) is 67.2 Å². The highest BCUT2D eigenvalue weighted by Crippen LogP contribution is 2.19. The number of aromatic nitrogens is 2. The Hall–Kier alpha value is -1.82. The van der Waals surface area contributed by atoms with E-state index in [1.165, 1.54) is 11.3 Å². The van der Waals surface area contributed by atoms with Crippen LogP contribution in [0.3, 0.4) is 0 Å². The maximum Gasteiger partial charge on any atom is 0.308 e. The molecule has 2 N–H and O–H groups in total. The molecule has 2 aromatic rings. The quantitative estimate of drug-likeness (QED) is 0.853. The first-order valence-corrected chi connectivity index (χ1v) is 6.93. The van der Waals surface area contributed by atoms with Crippen LogP contribution in [0.15, 0.2) is 24.5 Å². The van der Waals surface area contributed by atoms with Crippen molar-refractivity contribution in [3.8, 4) is 0 Å². The van der Waals surface area contributed by atoms with Crippen molar-refractivity contribution in [1.82, 2.24) is 9.78 Å². The molecule has 102 valence electrons. The summed E-state index contributed by atoms with van der Waals surface area (Å²) in [5, 5.41) is 16.3. The number of nitrogens with one attached hydrogen (secondary N) is 1. The Bertz CT molecular complexity index is 560. The number of hydrogen-bond donors (Lipinski definition) is 2. The van der Waals surface area contributed by atoms with Crippen LogP contribution in [0.4, 0.5) is 5.69 Å². The number of carboxylic acid groups (broad SMARTS) is 1. The highest BCUT2D eigenvalue weighted by molar-refractivity contribution is 7.12. The zero-order chi connectivity index (χ0) is 13.8. The van der Waals surface area contributed by atoms with Crippen LogP contribution in [0.5, 0.6) is 0 Å². The smallest absolute Gasteiger partial charge is 0.308 e. The van der Waals surface area contributed by atoms with E-state index in [2.05, 4.69) is 24.3 Å². The van der Waals surface area contributed by atoms with Gasteiger partial charge in [-0.3, -0.25) is 9.48 Å². The predicted molar refractivity (Wildman–Crippen MR) is 75.6 cm³/mol. The van der Waals surface area contributed by atoms with Gasteiger partial charge in [0.05, 0.1) is 18.3 Å². The fourth-order valence-corrected chi connectivity index (χ4v) is 2.61. The summed E-state index contributed by atoms with van der Waals surface area (Å²) in [5.74, 6) is -0.792. The standard InChI is InChI=1S/C13H17N3O2S/c1-9(2)16-8-10(6-15-16)14-7-12-4-3-11(19-12)5-13(17)18/h3-4,6,8-9,14H,5,7H2,1-2H3,(H,17,18). The molecular weight excluding hydrogens is 262 g/mol. The lowest BCUT2D eigenvalue weighted by Gasteiger charge is -2.03. The van der Waals surface area contributed by atoms with Gasteiger partial charge in [0.15, 0.2) is 0 Å². The maximum absolute atomic E-state index is 10.6. The van der Waals surface area contributed by atoms with Crippen molar-refractivity contribution >= 4 is 23.0 Å². The predicted octanol–water partition coefficient (Wildman–Crippen LogP) is 2.76. The molecule has 0 unspecified atom stereocenters. The van der Waals surface area contributed by atoms with E-state index in [0.29, 0.717) is 12.6 Å². The molecule has 0 aromatic carbocycles. The fraction of sp³-hybridized carbons (Fsp3) is 0.385. The lowest BCUT2D eigenvalue weighted by atomic mass is 10.3. The minimum absolute atomic E-state index is 0.0932. The maximum atomic E-state index is 10.6. The van der Waals surface area contributed by atoms with E-state index in [9.17, 15) is 4.79 Å². The summed E-state index contributed by atoms with van der Waals surface area (Å²) >= 11 is 1.52. The number of nitrogens with zero attached hydrogens (tertiary/aromatic N) is 2. The summed E-state index contributed by atoms with van der Waals surface area (Å²) in [6.45, 7) is 4.84. The summed E-state index contributed by atoms with van der Waals surface area (Å²) in [7, 11) is 0. The van der Waals surface area contributed by atoms with Gasteiger partial charge in [-0.1, -0.05) is 0 Å². The molecule has 2 aromatic heterocycles. The molecule has 6 heteroatoms. The Kier molecular flexibility index (Phi) is 4.21. The van der Waals surface area contributed by atoms with E-state index in [1.54, 1.807) is 6.20 Å². The van der Waals surface area contributed by atoms with Crippen molar-refractivity contribution in [3.05, 3.63) is 34.3 Å². The minimum Gasteiger partial charge on any atom is -0.481 e. The molecule has 2 heterocycles. The third-order valence-electron chi connectivity index (χ3n) is 2.64. The number of thiophene rings is 1. The van der Waals surface area contributed by atoms with Gasteiger partial charge in [0.25, 0.3) is 0 Å². The van der Waals surface area contributed by atoms with E-state index in [0.717, 1.165) is 15.4 Å². The van der Waals surface area contributed by atoms with Crippen LogP contribution < -0.4 is 5.32 Å². The number of carbonyl (C=O) groups is 1. The second-order valence-corrected chi connectivity index (χ2v) is 5.85. The molecule has 0 fully saturated rings. The van der Waals surface area contributed by atoms with Crippen molar-refractivity contribution in [3.63, 3.8) is 0 Å². The first-order valence-electron chi connectivity index (χ1n) is 6.12. The summed E-state index contributed by atoms with van der Waals surface area (Å²) in [4.78, 5) is 12.6. The molecule has 2 rings (SSSR count). The van der Waals surface area contributed by atoms with E-state index in [4.69, 9.17) is 5.11 Å². The molecule has 0 bridgehead atoms. The average molecular weight is 279 g/mol. The molecule has 0 atom stereocenters. The van der Waals surface area contributed by atoms with Gasteiger partial charge in [-0.25, -0.2) is 0 Å². The molecule has 0 radical (unpaired) electrons. The van der Waals surface area contributed by atoms with E-state index >= 15 is 0 Å². The molecular formula is C13H17N3O2S. The van der Waals surface area contributed by atoms with Gasteiger partial charge >= 0.3 is 5.97 Å². The molecule has 0 spiro atoms. The number of hydrogen-bond acceptors (Lipinski definition) is 4. The van der Waals surface area contributed by atoms with E-state index < -0.39 is 5.97 Å². The summed E-state index contributed by atoms with van der Waals surface area (Å²) in [6, 6.07) is 4.18. The monoisotopic (exact) mass is 279 g/mol. The Labute approximate surface area is 115 Å². The third-order valence-corrected chi connectivity index (χ3v) is 3.73. The van der Waals surface area contributed by atoms with Crippen molar-refractivity contribution in [1.29, 1.82) is 0 Å². The summed E-state index contributed by atoms with van der Waals surface area (Å²) < 4.78 is 1.90. The van der Waals surface area contributed by atoms with Gasteiger partial charge < -0.3 is 10.4 Å². The fourth-order valence-electron chi connectivity index (χ4n) is 1.66. The molecule has 0 aliphatic heterocycles. The normalized spacial score (nSPS) is 10.9. The number of anilines is 1. The molecule has 0 aliphatic carbocycles. The van der Waals surface area contributed by atoms with E-state index in [1.807, 2.05) is 23.0 Å². The number of rotatable bonds is 6. The largest absolute Gasteiger partial charge is 0.481 e. The Morgan fingerprint density at radius 3 is 2.84 bits per heavy atom. The van der Waals surface area contributed by atoms with Gasteiger partial charge in [-0.2, -0.15) is 5.10 Å². The molecule has 0 saturated carbocycles. The molecule has 0 aliphatic rings. The Balaban J connectivity index is 1.90. The third kappa shape index (κ3) is 3.82. The highest BCUT2D eigenvalue weighted by atomic mass is 32.1. The molecule has 5 nitrogen and oxygen atoms in total. The summed E-state index contributed by atoms with van der Waals surface area (Å²) in [6.07, 6.45) is 3.86. The van der Waals surface area contributed by atoms with Crippen molar-refractivity contribution in [2.75, 3.05) is 5.32 Å². The minimum atomic E-state index is -0.792. The van der Waals surface area contributed by atoms with E-state index in [-0.39, 0.29) is 6.42 Å². The molecule has 0 amide bonds. The van der Waals surface area contributed by atoms with Gasteiger partial charge in [-0.15, -0.1) is 11.3 Å². The second-order valence-electron chi connectivity index (χ2n) is 4.59. The molecule has 0 saturated heterocycles. The Morgan fingerprint density at radius 1 is 1.47 bits per heavy atom. The lowest BCUT2D eigenvalue weighted by molar-refractivity contribution is -0.136. The van der Waals surface area contributed by atoms with Crippen LogP contribution in [0.1, 0.15) is 29.6 Å². The van der Waals surface area contributed by atoms with Crippen LogP contribution in [0.2, 0.25) is 0 Å². The van der Waals surface area contributed by atoms with Crippen LogP contribution in [0, 0.1) is 0 Å². The van der Waals surface area contributed by atoms with Crippen LogP contribution in [-0.2, 0) is 17.8 Å². The second kappa shape index (κ2) is 5.88. The van der Waals surface area contributed by atoms with Crippen molar-refractivity contribution in [2.45, 2.75) is 32.9 Å². The first-order chi connectivity index (χ1) is 9.04. The van der Waals surface area contributed by atoms with Gasteiger partial charge in [0.1, 0.15) is 0 Å². The summed E-state index contributed by atoms with van der Waals surface area (Å²) in [5.41, 5.74) is 0.974. The zero-order valence-corrected chi connectivity index (χ0v) is 11.8. The van der Waals surface area contributed by atoms with Gasteiger partial charge in [0.2, 0.25) is 0 Å². The van der Waals surface area contributed by atoms with Crippen molar-refractivity contribution < 1.29 is 9.90 Å². The first kappa shape index (κ1) is 13.6. The van der Waals surface area contributed by atoms with Gasteiger partial charge in [-0.05, 0) is 26.0 Å². The van der Waals surface area contributed by atoms with Crippen LogP contribution in [-0.4, -0.2) is 20.9 Å². The van der Waals surface area contributed by atoms with Gasteiger partial charge in [0, 0.05) is 28.5 Å². The lowest BCUT2D eigenvalue weighted by Crippen LogP contribution is -2.00. The number of carboxylic acids is 1. The Morgan fingerprint density at radius 2 is 2.21 bits per heavy atom. The highest BCUT2D eigenvalue weighted by Gasteiger charge is 2.05. The number of aliphatic carboxylic acids is 1.